The Balaban J connectivity index is 0.00000312. The van der Waals surface area contributed by atoms with Crippen molar-refractivity contribution in [3.8, 4) is 0 Å². The van der Waals surface area contributed by atoms with E-state index in [1.54, 1.807) is 19.3 Å². The molecule has 0 amide bonds. The van der Waals surface area contributed by atoms with Gasteiger partial charge in [0.15, 0.2) is 5.96 Å². The molecule has 2 rings (SSSR count). The molecule has 136 valence electrons. The number of benzene rings is 1. The van der Waals surface area contributed by atoms with Crippen molar-refractivity contribution in [3.63, 3.8) is 0 Å². The zero-order valence-corrected chi connectivity index (χ0v) is 16.8. The Hall–Kier alpha value is -1.48. The lowest BCUT2D eigenvalue weighted by atomic mass is 10.1. The second kappa shape index (κ2) is 11.2. The summed E-state index contributed by atoms with van der Waals surface area (Å²) in [5, 5.41) is 6.73. The number of nitrogens with one attached hydrogen (secondary N) is 2. The van der Waals surface area contributed by atoms with Gasteiger partial charge in [0.1, 0.15) is 16.8 Å². The molecule has 0 saturated carbocycles. The van der Waals surface area contributed by atoms with Gasteiger partial charge in [0, 0.05) is 32.4 Å². The van der Waals surface area contributed by atoms with Crippen LogP contribution in [0.1, 0.15) is 11.1 Å². The Labute approximate surface area is 168 Å². The Morgan fingerprint density at radius 2 is 1.84 bits per heavy atom. The Morgan fingerprint density at radius 1 is 1.12 bits per heavy atom. The van der Waals surface area contributed by atoms with Crippen LogP contribution in [0.25, 0.3) is 0 Å². The number of nitrogens with zero attached hydrogens (tertiary/aromatic N) is 2. The summed E-state index contributed by atoms with van der Waals surface area (Å²) in [6.07, 6.45) is 2.95. The standard InChI is InChI=1S/C17H19ClF2N4.HI/c1-21-17(22-8-6-12-2-5-16(18)24-11-12)23-9-7-13-3-4-14(19)10-15(13)20;/h2-5,10-11H,6-9H2,1H3,(H2,21,22,23);1H. The van der Waals surface area contributed by atoms with Crippen LogP contribution in [0.2, 0.25) is 5.15 Å². The topological polar surface area (TPSA) is 49.3 Å². The maximum absolute atomic E-state index is 13.5. The third-order valence-electron chi connectivity index (χ3n) is 3.42. The van der Waals surface area contributed by atoms with Crippen LogP contribution in [0, 0.1) is 11.6 Å². The smallest absolute Gasteiger partial charge is 0.190 e. The summed E-state index contributed by atoms with van der Waals surface area (Å²) < 4.78 is 26.4. The van der Waals surface area contributed by atoms with Crippen LogP contribution in [-0.4, -0.2) is 31.1 Å². The maximum atomic E-state index is 13.5. The Bertz CT molecular complexity index is 696. The summed E-state index contributed by atoms with van der Waals surface area (Å²) in [6.45, 7) is 1.17. The highest BCUT2D eigenvalue weighted by Crippen LogP contribution is 2.09. The van der Waals surface area contributed by atoms with Gasteiger partial charge >= 0.3 is 0 Å². The second-order valence-corrected chi connectivity index (χ2v) is 5.54. The molecule has 2 N–H and O–H groups in total. The van der Waals surface area contributed by atoms with E-state index in [1.807, 2.05) is 6.07 Å². The van der Waals surface area contributed by atoms with Crippen molar-refractivity contribution in [3.05, 3.63) is 64.4 Å². The van der Waals surface area contributed by atoms with Crippen molar-refractivity contribution >= 4 is 41.5 Å². The lowest BCUT2D eigenvalue weighted by molar-refractivity contribution is 0.570. The molecule has 8 heteroatoms. The molecular weight excluding hydrogens is 461 g/mol. The number of aliphatic imine (C=N–C) groups is 1. The van der Waals surface area contributed by atoms with Crippen LogP contribution in [0.15, 0.2) is 41.5 Å². The molecule has 0 fully saturated rings. The lowest BCUT2D eigenvalue weighted by Crippen LogP contribution is -2.39. The summed E-state index contributed by atoms with van der Waals surface area (Å²) in [7, 11) is 1.66. The number of rotatable bonds is 6. The second-order valence-electron chi connectivity index (χ2n) is 5.15. The van der Waals surface area contributed by atoms with Gasteiger partial charge in [0.25, 0.3) is 0 Å². The van der Waals surface area contributed by atoms with Gasteiger partial charge in [-0.15, -0.1) is 24.0 Å². The van der Waals surface area contributed by atoms with E-state index >= 15 is 0 Å². The van der Waals surface area contributed by atoms with Gasteiger partial charge in [0.2, 0.25) is 0 Å². The quantitative estimate of drug-likeness (QED) is 0.288. The first kappa shape index (κ1) is 21.6. The normalized spacial score (nSPS) is 11.0. The van der Waals surface area contributed by atoms with E-state index < -0.39 is 11.6 Å². The minimum atomic E-state index is -0.571. The summed E-state index contributed by atoms with van der Waals surface area (Å²) in [5.74, 6) is -0.479. The van der Waals surface area contributed by atoms with Crippen LogP contribution >= 0.6 is 35.6 Å². The Kier molecular flexibility index (Phi) is 9.66. The molecule has 0 saturated heterocycles. The van der Waals surface area contributed by atoms with E-state index in [4.69, 9.17) is 11.6 Å². The van der Waals surface area contributed by atoms with Crippen molar-refractivity contribution in [2.24, 2.45) is 4.99 Å². The van der Waals surface area contributed by atoms with Gasteiger partial charge < -0.3 is 10.6 Å². The van der Waals surface area contributed by atoms with E-state index in [9.17, 15) is 8.78 Å². The van der Waals surface area contributed by atoms with Crippen LogP contribution in [0.4, 0.5) is 8.78 Å². The van der Waals surface area contributed by atoms with E-state index in [2.05, 4.69) is 20.6 Å². The molecular formula is C17H20ClF2IN4. The van der Waals surface area contributed by atoms with E-state index in [0.29, 0.717) is 36.2 Å². The third kappa shape index (κ3) is 7.52. The monoisotopic (exact) mass is 480 g/mol. The first-order chi connectivity index (χ1) is 11.6. The number of aromatic nitrogens is 1. The van der Waals surface area contributed by atoms with Crippen molar-refractivity contribution < 1.29 is 8.78 Å². The lowest BCUT2D eigenvalue weighted by Gasteiger charge is -2.12. The molecule has 1 aromatic heterocycles. The highest BCUT2D eigenvalue weighted by molar-refractivity contribution is 14.0. The fourth-order valence-electron chi connectivity index (χ4n) is 2.14. The van der Waals surface area contributed by atoms with Crippen LogP contribution in [0.5, 0.6) is 0 Å². The van der Waals surface area contributed by atoms with E-state index in [0.717, 1.165) is 18.1 Å². The fourth-order valence-corrected chi connectivity index (χ4v) is 2.25. The number of hydrogen-bond acceptors (Lipinski definition) is 2. The molecule has 4 nitrogen and oxygen atoms in total. The molecule has 25 heavy (non-hydrogen) atoms. The average Bonchev–Trinajstić information content (AvgIpc) is 2.57. The fraction of sp³-hybridized carbons (Fsp3) is 0.294. The molecule has 2 aromatic rings. The molecule has 1 aromatic carbocycles. The molecule has 0 aliphatic rings. The number of halogens is 4. The summed E-state index contributed by atoms with van der Waals surface area (Å²) >= 11 is 5.74. The first-order valence-electron chi connectivity index (χ1n) is 7.57. The highest BCUT2D eigenvalue weighted by atomic mass is 127. The minimum Gasteiger partial charge on any atom is -0.356 e. The molecule has 0 spiro atoms. The van der Waals surface area contributed by atoms with Crippen molar-refractivity contribution in [1.82, 2.24) is 15.6 Å². The van der Waals surface area contributed by atoms with Gasteiger partial charge in [-0.25, -0.2) is 13.8 Å². The molecule has 0 aliphatic heterocycles. The molecule has 0 bridgehead atoms. The predicted molar refractivity (Wildman–Crippen MR) is 108 cm³/mol. The maximum Gasteiger partial charge on any atom is 0.190 e. The van der Waals surface area contributed by atoms with Crippen LogP contribution < -0.4 is 10.6 Å². The summed E-state index contributed by atoms with van der Waals surface area (Å²) in [4.78, 5) is 8.13. The van der Waals surface area contributed by atoms with Gasteiger partial charge in [-0.1, -0.05) is 23.7 Å². The van der Waals surface area contributed by atoms with Gasteiger partial charge in [0.05, 0.1) is 0 Å². The zero-order valence-electron chi connectivity index (χ0n) is 13.7. The van der Waals surface area contributed by atoms with Crippen molar-refractivity contribution in [1.29, 1.82) is 0 Å². The average molecular weight is 481 g/mol. The largest absolute Gasteiger partial charge is 0.356 e. The SMILES string of the molecule is CN=C(NCCc1ccc(Cl)nc1)NCCc1ccc(F)cc1F.I. The zero-order chi connectivity index (χ0) is 17.4. The molecule has 0 aliphatic carbocycles. The Morgan fingerprint density at radius 3 is 2.44 bits per heavy atom. The summed E-state index contributed by atoms with van der Waals surface area (Å²) in [5.41, 5.74) is 1.53. The number of hydrogen-bond donors (Lipinski definition) is 2. The third-order valence-corrected chi connectivity index (χ3v) is 3.64. The van der Waals surface area contributed by atoms with Crippen LogP contribution in [0.3, 0.4) is 0 Å². The minimum absolute atomic E-state index is 0. The first-order valence-corrected chi connectivity index (χ1v) is 7.95. The van der Waals surface area contributed by atoms with E-state index in [-0.39, 0.29) is 24.0 Å². The van der Waals surface area contributed by atoms with Gasteiger partial charge in [-0.3, -0.25) is 4.99 Å². The van der Waals surface area contributed by atoms with E-state index in [1.165, 1.54) is 12.1 Å². The van der Waals surface area contributed by atoms with Crippen LogP contribution in [-0.2, 0) is 12.8 Å². The summed E-state index contributed by atoms with van der Waals surface area (Å²) in [6, 6.07) is 7.27. The van der Waals surface area contributed by atoms with Gasteiger partial charge in [-0.05, 0) is 36.1 Å². The predicted octanol–water partition coefficient (Wildman–Crippen LogP) is 3.58. The number of pyridine rings is 1. The molecule has 0 radical (unpaired) electrons. The van der Waals surface area contributed by atoms with Crippen molar-refractivity contribution in [2.45, 2.75) is 12.8 Å². The molecule has 1 heterocycles. The number of guanidine groups is 1. The van der Waals surface area contributed by atoms with Gasteiger partial charge in [-0.2, -0.15) is 0 Å². The molecule has 0 atom stereocenters. The van der Waals surface area contributed by atoms with Crippen molar-refractivity contribution in [2.75, 3.05) is 20.1 Å². The highest BCUT2D eigenvalue weighted by Gasteiger charge is 2.04. The molecule has 0 unspecified atom stereocenters.